The monoisotopic (exact) mass is 307 g/mol. The highest BCUT2D eigenvalue weighted by molar-refractivity contribution is 7.10. The van der Waals surface area contributed by atoms with E-state index in [9.17, 15) is 4.79 Å². The third-order valence-electron chi connectivity index (χ3n) is 3.77. The first-order chi connectivity index (χ1) is 10.1. The lowest BCUT2D eigenvalue weighted by Gasteiger charge is -2.32. The van der Waals surface area contributed by atoms with E-state index in [1.807, 2.05) is 36.4 Å². The molecule has 21 heavy (non-hydrogen) atoms. The van der Waals surface area contributed by atoms with Crippen molar-refractivity contribution in [3.05, 3.63) is 34.0 Å². The average Bonchev–Trinajstić information content (AvgIpc) is 2.91. The zero-order chi connectivity index (χ0) is 15.2. The molecule has 0 spiro atoms. The van der Waals surface area contributed by atoms with Gasteiger partial charge in [0.25, 0.3) is 0 Å². The van der Waals surface area contributed by atoms with E-state index in [0.717, 1.165) is 26.1 Å². The molecule has 116 valence electrons. The first-order valence-corrected chi connectivity index (χ1v) is 8.32. The Morgan fingerprint density at radius 2 is 2.38 bits per heavy atom. The Hall–Kier alpha value is -1.17. The highest BCUT2D eigenvalue weighted by Crippen LogP contribution is 2.24. The number of nitrogens with zero attached hydrogens (tertiary/aromatic N) is 2. The number of fused-ring (bicyclic) bond motifs is 1. The van der Waals surface area contributed by atoms with Crippen LogP contribution < -0.4 is 5.32 Å². The highest BCUT2D eigenvalue weighted by atomic mass is 32.1. The molecule has 2 rings (SSSR count). The fraction of sp³-hybridized carbons (Fsp3) is 0.562. The van der Waals surface area contributed by atoms with Gasteiger partial charge >= 0.3 is 0 Å². The quantitative estimate of drug-likeness (QED) is 0.813. The number of nitrogens with one attached hydrogen (secondary N) is 1. The molecule has 1 aliphatic heterocycles. The predicted molar refractivity (Wildman–Crippen MR) is 88.6 cm³/mol. The maximum atomic E-state index is 11.7. The van der Waals surface area contributed by atoms with Gasteiger partial charge in [0.05, 0.1) is 0 Å². The predicted octanol–water partition coefficient (Wildman–Crippen LogP) is 1.73. The van der Waals surface area contributed by atoms with Crippen LogP contribution in [0.3, 0.4) is 0 Å². The van der Waals surface area contributed by atoms with Crippen molar-refractivity contribution in [3.63, 3.8) is 0 Å². The van der Waals surface area contributed by atoms with Gasteiger partial charge in [0, 0.05) is 43.2 Å². The molecule has 0 radical (unpaired) electrons. The van der Waals surface area contributed by atoms with Crippen LogP contribution in [0.4, 0.5) is 0 Å². The molecule has 0 fully saturated rings. The molecular weight excluding hydrogens is 282 g/mol. The number of hydrogen-bond donors (Lipinski definition) is 1. The molecule has 0 saturated heterocycles. The summed E-state index contributed by atoms with van der Waals surface area (Å²) in [4.78, 5) is 17.7. The molecule has 1 amide bonds. The Kier molecular flexibility index (Phi) is 5.96. The van der Waals surface area contributed by atoms with Crippen molar-refractivity contribution in [2.45, 2.75) is 25.9 Å². The van der Waals surface area contributed by atoms with Crippen LogP contribution in [0.5, 0.6) is 0 Å². The molecule has 0 saturated carbocycles. The van der Waals surface area contributed by atoms with Crippen molar-refractivity contribution < 1.29 is 4.79 Å². The largest absolute Gasteiger partial charge is 0.351 e. The Balaban J connectivity index is 1.74. The van der Waals surface area contributed by atoms with E-state index in [4.69, 9.17) is 0 Å². The molecule has 0 aliphatic carbocycles. The second kappa shape index (κ2) is 7.73. The van der Waals surface area contributed by atoms with Crippen LogP contribution in [-0.4, -0.2) is 55.5 Å². The van der Waals surface area contributed by atoms with Crippen molar-refractivity contribution in [1.29, 1.82) is 0 Å². The van der Waals surface area contributed by atoms with Crippen molar-refractivity contribution in [3.8, 4) is 0 Å². The third kappa shape index (κ3) is 4.95. The third-order valence-corrected chi connectivity index (χ3v) is 4.80. The fourth-order valence-corrected chi connectivity index (χ4v) is 3.34. The van der Waals surface area contributed by atoms with Gasteiger partial charge in [-0.2, -0.15) is 0 Å². The van der Waals surface area contributed by atoms with Gasteiger partial charge in [-0.05, 0) is 44.4 Å². The van der Waals surface area contributed by atoms with Crippen LogP contribution in [0, 0.1) is 0 Å². The second-order valence-corrected chi connectivity index (χ2v) is 6.85. The van der Waals surface area contributed by atoms with Crippen LogP contribution >= 0.6 is 11.3 Å². The molecule has 1 aliphatic rings. The molecule has 1 atom stereocenters. The van der Waals surface area contributed by atoms with Gasteiger partial charge in [-0.3, -0.25) is 9.69 Å². The van der Waals surface area contributed by atoms with Crippen LogP contribution in [0.1, 0.15) is 17.4 Å². The van der Waals surface area contributed by atoms with E-state index in [2.05, 4.69) is 28.6 Å². The number of carbonyl (C=O) groups excluding carboxylic acids is 1. The van der Waals surface area contributed by atoms with E-state index in [-0.39, 0.29) is 5.91 Å². The van der Waals surface area contributed by atoms with Gasteiger partial charge in [0.2, 0.25) is 5.91 Å². The van der Waals surface area contributed by atoms with Gasteiger partial charge in [-0.25, -0.2) is 0 Å². The molecule has 1 aromatic heterocycles. The number of amides is 1. The summed E-state index contributed by atoms with van der Waals surface area (Å²) in [6, 6.07) is 2.59. The number of thiophene rings is 1. The maximum absolute atomic E-state index is 11.7. The van der Waals surface area contributed by atoms with Gasteiger partial charge in [0.15, 0.2) is 0 Å². The topological polar surface area (TPSA) is 35.6 Å². The summed E-state index contributed by atoms with van der Waals surface area (Å²) in [6.07, 6.45) is 4.65. The zero-order valence-corrected chi connectivity index (χ0v) is 13.9. The summed E-state index contributed by atoms with van der Waals surface area (Å²) in [5, 5.41) is 5.16. The molecule has 4 nitrogen and oxygen atoms in total. The number of rotatable bonds is 6. The van der Waals surface area contributed by atoms with E-state index in [1.165, 1.54) is 10.4 Å². The average molecular weight is 307 g/mol. The summed E-state index contributed by atoms with van der Waals surface area (Å²) in [5.41, 5.74) is 1.45. The molecule has 0 bridgehead atoms. The lowest BCUT2D eigenvalue weighted by molar-refractivity contribution is -0.116. The number of carbonyl (C=O) groups is 1. The molecule has 2 heterocycles. The molecule has 1 aromatic rings. The zero-order valence-electron chi connectivity index (χ0n) is 13.1. The van der Waals surface area contributed by atoms with Crippen LogP contribution in [0.15, 0.2) is 23.6 Å². The summed E-state index contributed by atoms with van der Waals surface area (Å²) in [7, 11) is 3.97. The second-order valence-electron chi connectivity index (χ2n) is 5.85. The normalized spacial score (nSPS) is 17.1. The summed E-state index contributed by atoms with van der Waals surface area (Å²) in [5.74, 6) is -0.00284. The molecule has 1 unspecified atom stereocenters. The van der Waals surface area contributed by atoms with E-state index >= 15 is 0 Å². The van der Waals surface area contributed by atoms with Crippen LogP contribution in [-0.2, 0) is 17.8 Å². The molecule has 1 N–H and O–H groups in total. The molecule has 0 aromatic carbocycles. The minimum Gasteiger partial charge on any atom is -0.351 e. The summed E-state index contributed by atoms with van der Waals surface area (Å²) >= 11 is 1.86. The van der Waals surface area contributed by atoms with Crippen molar-refractivity contribution in [2.24, 2.45) is 0 Å². The van der Waals surface area contributed by atoms with Gasteiger partial charge in [-0.1, -0.05) is 6.08 Å². The van der Waals surface area contributed by atoms with Gasteiger partial charge in [0.1, 0.15) is 0 Å². The van der Waals surface area contributed by atoms with Gasteiger partial charge in [-0.15, -0.1) is 11.3 Å². The summed E-state index contributed by atoms with van der Waals surface area (Å²) in [6.45, 7) is 5.76. The Bertz CT molecular complexity index is 495. The van der Waals surface area contributed by atoms with Crippen molar-refractivity contribution in [1.82, 2.24) is 15.1 Å². The number of likely N-dealkylation sites (N-methyl/N-ethyl adjacent to an activating group) is 1. The van der Waals surface area contributed by atoms with Crippen molar-refractivity contribution >= 4 is 17.2 Å². The first kappa shape index (κ1) is 16.2. The SMILES string of the molecule is CC(CNC(=O)/C=C/CN(C)C)N1CCc2sccc2C1. The Labute approximate surface area is 131 Å². The van der Waals surface area contributed by atoms with Crippen molar-refractivity contribution in [2.75, 3.05) is 33.7 Å². The minimum absolute atomic E-state index is 0.00284. The minimum atomic E-state index is -0.00284. The number of hydrogen-bond acceptors (Lipinski definition) is 4. The maximum Gasteiger partial charge on any atom is 0.243 e. The highest BCUT2D eigenvalue weighted by Gasteiger charge is 2.21. The van der Waals surface area contributed by atoms with Gasteiger partial charge < -0.3 is 10.2 Å². The first-order valence-electron chi connectivity index (χ1n) is 7.44. The lowest BCUT2D eigenvalue weighted by atomic mass is 10.1. The molecular formula is C16H25N3OS. The smallest absolute Gasteiger partial charge is 0.243 e. The Morgan fingerprint density at radius 1 is 1.57 bits per heavy atom. The summed E-state index contributed by atoms with van der Waals surface area (Å²) < 4.78 is 0. The van der Waals surface area contributed by atoms with E-state index < -0.39 is 0 Å². The lowest BCUT2D eigenvalue weighted by Crippen LogP contribution is -2.43. The molecule has 5 heteroatoms. The Morgan fingerprint density at radius 3 is 3.14 bits per heavy atom. The van der Waals surface area contributed by atoms with Crippen LogP contribution in [0.25, 0.3) is 0 Å². The van der Waals surface area contributed by atoms with E-state index in [1.54, 1.807) is 6.08 Å². The fourth-order valence-electron chi connectivity index (χ4n) is 2.45. The van der Waals surface area contributed by atoms with E-state index in [0.29, 0.717) is 12.6 Å². The standard InChI is InChI=1S/C16H25N3OS/c1-13(11-17-16(20)5-4-8-18(2)3)19-9-6-15-14(12-19)7-10-21-15/h4-5,7,10,13H,6,8-9,11-12H2,1-3H3,(H,17,20)/b5-4+. The van der Waals surface area contributed by atoms with Crippen LogP contribution in [0.2, 0.25) is 0 Å².